The normalized spacial score (nSPS) is 12.7. The molecule has 0 saturated heterocycles. The minimum absolute atomic E-state index is 0.184. The number of amides is 3. The predicted octanol–water partition coefficient (Wildman–Crippen LogP) is 4.81. The zero-order valence-electron chi connectivity index (χ0n) is 15.4. The first-order chi connectivity index (χ1) is 14.4. The molecule has 6 nitrogen and oxygen atoms in total. The third-order valence-electron chi connectivity index (χ3n) is 4.46. The van der Waals surface area contributed by atoms with Crippen molar-refractivity contribution in [3.8, 4) is 5.75 Å². The maximum Gasteiger partial charge on any atom is 0.266 e. The van der Waals surface area contributed by atoms with Gasteiger partial charge in [0, 0.05) is 5.02 Å². The smallest absolute Gasteiger partial charge is 0.266 e. The Hall–Kier alpha value is -3.35. The lowest BCUT2D eigenvalue weighted by molar-refractivity contribution is -0.118. The standard InChI is InChI=1S/C22H14Cl2N2O4/c23-13-5-8-15(9-6-13)30-12-20(27)25-19-10-7-14(11-18(19)24)26-21(28)16-3-1-2-4-17(16)22(26)29/h1-11H,12H2,(H,25,27). The van der Waals surface area contributed by atoms with E-state index in [1.807, 2.05) is 0 Å². The second kappa shape index (κ2) is 8.18. The van der Waals surface area contributed by atoms with E-state index in [1.165, 1.54) is 12.1 Å². The van der Waals surface area contributed by atoms with E-state index in [2.05, 4.69) is 5.32 Å². The average Bonchev–Trinajstić information content (AvgIpc) is 3.00. The van der Waals surface area contributed by atoms with Gasteiger partial charge in [0.1, 0.15) is 5.75 Å². The Kier molecular flexibility index (Phi) is 5.44. The first-order valence-corrected chi connectivity index (χ1v) is 9.65. The number of anilines is 2. The predicted molar refractivity (Wildman–Crippen MR) is 115 cm³/mol. The number of carbonyl (C=O) groups excluding carboxylic acids is 3. The number of fused-ring (bicyclic) bond motifs is 1. The molecule has 0 saturated carbocycles. The SMILES string of the molecule is O=C(COc1ccc(Cl)cc1)Nc1ccc(N2C(=O)c3ccccc3C2=O)cc1Cl. The van der Waals surface area contributed by atoms with E-state index >= 15 is 0 Å². The monoisotopic (exact) mass is 440 g/mol. The van der Waals surface area contributed by atoms with E-state index in [0.29, 0.717) is 33.3 Å². The fraction of sp³-hybridized carbons (Fsp3) is 0.0455. The van der Waals surface area contributed by atoms with Crippen LogP contribution in [0.5, 0.6) is 5.75 Å². The first kappa shape index (κ1) is 19.9. The molecule has 1 heterocycles. The van der Waals surface area contributed by atoms with Crippen LogP contribution in [-0.4, -0.2) is 24.3 Å². The van der Waals surface area contributed by atoms with Crippen molar-refractivity contribution in [1.29, 1.82) is 0 Å². The van der Waals surface area contributed by atoms with Crippen molar-refractivity contribution in [3.05, 3.63) is 87.9 Å². The summed E-state index contributed by atoms with van der Waals surface area (Å²) in [5.74, 6) is -0.749. The molecule has 4 rings (SSSR count). The summed E-state index contributed by atoms with van der Waals surface area (Å²) in [6.45, 7) is -0.224. The summed E-state index contributed by atoms with van der Waals surface area (Å²) in [5, 5.41) is 3.39. The molecular weight excluding hydrogens is 427 g/mol. The molecule has 3 amide bonds. The Morgan fingerprint density at radius 3 is 2.13 bits per heavy atom. The Morgan fingerprint density at radius 2 is 1.53 bits per heavy atom. The van der Waals surface area contributed by atoms with Crippen molar-refractivity contribution in [2.45, 2.75) is 0 Å². The molecule has 1 aliphatic heterocycles. The molecule has 3 aromatic rings. The van der Waals surface area contributed by atoms with Crippen LogP contribution in [0.4, 0.5) is 11.4 Å². The molecule has 0 bridgehead atoms. The lowest BCUT2D eigenvalue weighted by Gasteiger charge is -2.16. The van der Waals surface area contributed by atoms with Crippen molar-refractivity contribution in [2.75, 3.05) is 16.8 Å². The molecule has 0 fully saturated rings. The highest BCUT2D eigenvalue weighted by molar-refractivity contribution is 6.36. The third-order valence-corrected chi connectivity index (χ3v) is 5.03. The topological polar surface area (TPSA) is 75.7 Å². The highest BCUT2D eigenvalue weighted by Crippen LogP contribution is 2.32. The molecule has 0 unspecified atom stereocenters. The van der Waals surface area contributed by atoms with Crippen molar-refractivity contribution in [2.24, 2.45) is 0 Å². The van der Waals surface area contributed by atoms with Gasteiger partial charge in [0.25, 0.3) is 17.7 Å². The van der Waals surface area contributed by atoms with Crippen molar-refractivity contribution in [3.63, 3.8) is 0 Å². The van der Waals surface area contributed by atoms with Crippen LogP contribution in [0.2, 0.25) is 10.0 Å². The Bertz CT molecular complexity index is 1130. The maximum absolute atomic E-state index is 12.6. The summed E-state index contributed by atoms with van der Waals surface area (Å²) in [7, 11) is 0. The van der Waals surface area contributed by atoms with Gasteiger partial charge in [-0.2, -0.15) is 0 Å². The van der Waals surface area contributed by atoms with Gasteiger partial charge in [0.05, 0.1) is 27.5 Å². The summed E-state index contributed by atoms with van der Waals surface area (Å²) in [6.07, 6.45) is 0. The molecule has 1 aliphatic rings. The van der Waals surface area contributed by atoms with Crippen LogP contribution >= 0.6 is 23.2 Å². The second-order valence-electron chi connectivity index (χ2n) is 6.45. The van der Waals surface area contributed by atoms with Gasteiger partial charge >= 0.3 is 0 Å². The van der Waals surface area contributed by atoms with Gasteiger partial charge in [-0.1, -0.05) is 35.3 Å². The second-order valence-corrected chi connectivity index (χ2v) is 7.29. The maximum atomic E-state index is 12.6. The number of hydrogen-bond acceptors (Lipinski definition) is 4. The van der Waals surface area contributed by atoms with Gasteiger partial charge < -0.3 is 10.1 Å². The molecule has 150 valence electrons. The number of nitrogens with zero attached hydrogens (tertiary/aromatic N) is 1. The van der Waals surface area contributed by atoms with E-state index in [1.54, 1.807) is 54.6 Å². The Balaban J connectivity index is 1.45. The minimum atomic E-state index is -0.417. The zero-order valence-corrected chi connectivity index (χ0v) is 16.9. The van der Waals surface area contributed by atoms with Crippen molar-refractivity contribution < 1.29 is 19.1 Å². The molecular formula is C22H14Cl2N2O4. The molecule has 0 aromatic heterocycles. The van der Waals surface area contributed by atoms with Gasteiger partial charge in [0.2, 0.25) is 0 Å². The molecule has 0 spiro atoms. The van der Waals surface area contributed by atoms with E-state index in [9.17, 15) is 14.4 Å². The van der Waals surface area contributed by atoms with Crippen molar-refractivity contribution >= 4 is 52.3 Å². The van der Waals surface area contributed by atoms with Crippen LogP contribution < -0.4 is 15.0 Å². The Labute approximate surface area is 182 Å². The van der Waals surface area contributed by atoms with E-state index in [4.69, 9.17) is 27.9 Å². The van der Waals surface area contributed by atoms with E-state index in [-0.39, 0.29) is 11.6 Å². The molecule has 1 N–H and O–H groups in total. The summed E-state index contributed by atoms with van der Waals surface area (Å²) in [5.41, 5.74) is 1.34. The van der Waals surface area contributed by atoms with Gasteiger partial charge in [-0.05, 0) is 54.6 Å². The van der Waals surface area contributed by atoms with Crippen LogP contribution in [-0.2, 0) is 4.79 Å². The summed E-state index contributed by atoms with van der Waals surface area (Å²) < 4.78 is 5.39. The number of hydrogen-bond donors (Lipinski definition) is 1. The number of halogens is 2. The molecule has 0 aliphatic carbocycles. The summed E-state index contributed by atoms with van der Waals surface area (Å²) in [6, 6.07) is 17.8. The zero-order chi connectivity index (χ0) is 21.3. The first-order valence-electron chi connectivity index (χ1n) is 8.89. The largest absolute Gasteiger partial charge is 0.484 e. The number of carbonyl (C=O) groups is 3. The van der Waals surface area contributed by atoms with Gasteiger partial charge in [0.15, 0.2) is 6.61 Å². The van der Waals surface area contributed by atoms with E-state index in [0.717, 1.165) is 4.90 Å². The van der Waals surface area contributed by atoms with Crippen LogP contribution in [0.15, 0.2) is 66.7 Å². The average molecular weight is 441 g/mol. The summed E-state index contributed by atoms with van der Waals surface area (Å²) >= 11 is 12.1. The third kappa shape index (κ3) is 3.87. The molecule has 8 heteroatoms. The van der Waals surface area contributed by atoms with Gasteiger partial charge in [-0.15, -0.1) is 0 Å². The Morgan fingerprint density at radius 1 is 0.900 bits per heavy atom. The number of ether oxygens (including phenoxy) is 1. The van der Waals surface area contributed by atoms with Crippen molar-refractivity contribution in [1.82, 2.24) is 0 Å². The van der Waals surface area contributed by atoms with Crippen LogP contribution in [0, 0.1) is 0 Å². The number of imide groups is 1. The van der Waals surface area contributed by atoms with Crippen LogP contribution in [0.25, 0.3) is 0 Å². The van der Waals surface area contributed by atoms with Gasteiger partial charge in [-0.3, -0.25) is 14.4 Å². The lowest BCUT2D eigenvalue weighted by Crippen LogP contribution is -2.29. The molecule has 3 aromatic carbocycles. The van der Waals surface area contributed by atoms with Crippen LogP contribution in [0.3, 0.4) is 0 Å². The highest BCUT2D eigenvalue weighted by Gasteiger charge is 2.36. The molecule has 0 atom stereocenters. The number of nitrogens with one attached hydrogen (secondary N) is 1. The lowest BCUT2D eigenvalue weighted by atomic mass is 10.1. The fourth-order valence-electron chi connectivity index (χ4n) is 3.03. The quantitative estimate of drug-likeness (QED) is 0.577. The molecule has 0 radical (unpaired) electrons. The summed E-state index contributed by atoms with van der Waals surface area (Å²) in [4.78, 5) is 38.4. The van der Waals surface area contributed by atoms with Crippen LogP contribution in [0.1, 0.15) is 20.7 Å². The molecule has 30 heavy (non-hydrogen) atoms. The number of benzene rings is 3. The highest BCUT2D eigenvalue weighted by atomic mass is 35.5. The minimum Gasteiger partial charge on any atom is -0.484 e. The van der Waals surface area contributed by atoms with E-state index < -0.39 is 17.7 Å². The fourth-order valence-corrected chi connectivity index (χ4v) is 3.38. The number of rotatable bonds is 5. The van der Waals surface area contributed by atoms with Gasteiger partial charge in [-0.25, -0.2) is 4.90 Å².